The lowest BCUT2D eigenvalue weighted by Crippen LogP contribution is -2.09. The van der Waals surface area contributed by atoms with Crippen LogP contribution in [-0.2, 0) is 16.1 Å². The third-order valence-electron chi connectivity index (χ3n) is 2.81. The van der Waals surface area contributed by atoms with Crippen LogP contribution in [0.2, 0.25) is 0 Å². The summed E-state index contributed by atoms with van der Waals surface area (Å²) in [6.07, 6.45) is 1.35. The molecule has 0 heterocycles. The van der Waals surface area contributed by atoms with Crippen LogP contribution < -0.4 is 0 Å². The minimum absolute atomic E-state index is 0.109. The third-order valence-corrected chi connectivity index (χ3v) is 2.81. The summed E-state index contributed by atoms with van der Waals surface area (Å²) in [5, 5.41) is 0. The molecule has 0 aromatic heterocycles. The maximum atomic E-state index is 5.72. The molecule has 98 valence electrons. The standard InChI is InChI=1S/C17H18O2/c1-2-19-17(16-11-7-4-8-12-16)14-18-13-15-9-5-3-6-10-15/h2-12,17H,1,13-14H2. The van der Waals surface area contributed by atoms with Gasteiger partial charge in [-0.15, -0.1) is 0 Å². The Balaban J connectivity index is 1.89. The lowest BCUT2D eigenvalue weighted by molar-refractivity contribution is 0.0189. The normalized spacial score (nSPS) is 11.8. The first-order valence-corrected chi connectivity index (χ1v) is 6.33. The van der Waals surface area contributed by atoms with Crippen molar-refractivity contribution in [2.45, 2.75) is 12.7 Å². The molecule has 2 rings (SSSR count). The highest BCUT2D eigenvalue weighted by Crippen LogP contribution is 2.18. The predicted molar refractivity (Wildman–Crippen MR) is 76.6 cm³/mol. The average molecular weight is 254 g/mol. The van der Waals surface area contributed by atoms with E-state index in [0.717, 1.165) is 11.1 Å². The van der Waals surface area contributed by atoms with Gasteiger partial charge in [0, 0.05) is 0 Å². The van der Waals surface area contributed by atoms with Crippen LogP contribution in [0.15, 0.2) is 73.5 Å². The Morgan fingerprint density at radius 1 is 0.947 bits per heavy atom. The molecule has 0 aliphatic heterocycles. The summed E-state index contributed by atoms with van der Waals surface area (Å²) in [4.78, 5) is 0. The van der Waals surface area contributed by atoms with Crippen molar-refractivity contribution in [3.05, 3.63) is 84.6 Å². The first-order chi connectivity index (χ1) is 9.40. The van der Waals surface area contributed by atoms with E-state index in [9.17, 15) is 0 Å². The van der Waals surface area contributed by atoms with Crippen LogP contribution in [0.25, 0.3) is 0 Å². The fourth-order valence-electron chi connectivity index (χ4n) is 1.86. The fourth-order valence-corrected chi connectivity index (χ4v) is 1.86. The molecule has 0 fully saturated rings. The molecule has 19 heavy (non-hydrogen) atoms. The molecule has 0 spiro atoms. The first kappa shape index (κ1) is 13.4. The number of hydrogen-bond donors (Lipinski definition) is 0. The second kappa shape index (κ2) is 7.39. The Kier molecular flexibility index (Phi) is 5.20. The van der Waals surface area contributed by atoms with Crippen molar-refractivity contribution in [2.75, 3.05) is 6.61 Å². The zero-order valence-electron chi connectivity index (χ0n) is 10.9. The molecule has 2 nitrogen and oxygen atoms in total. The topological polar surface area (TPSA) is 18.5 Å². The van der Waals surface area contributed by atoms with Crippen molar-refractivity contribution in [1.29, 1.82) is 0 Å². The van der Waals surface area contributed by atoms with Gasteiger partial charge in [-0.25, -0.2) is 0 Å². The highest BCUT2D eigenvalue weighted by Gasteiger charge is 2.11. The van der Waals surface area contributed by atoms with Gasteiger partial charge >= 0.3 is 0 Å². The number of benzene rings is 2. The molecule has 0 bridgehead atoms. The van der Waals surface area contributed by atoms with Crippen LogP contribution in [0.4, 0.5) is 0 Å². The van der Waals surface area contributed by atoms with Gasteiger partial charge in [-0.3, -0.25) is 0 Å². The number of hydrogen-bond acceptors (Lipinski definition) is 2. The van der Waals surface area contributed by atoms with Gasteiger partial charge in [0.05, 0.1) is 19.5 Å². The molecule has 0 aliphatic rings. The molecule has 0 radical (unpaired) electrons. The predicted octanol–water partition coefficient (Wildman–Crippen LogP) is 4.10. The summed E-state index contributed by atoms with van der Waals surface area (Å²) < 4.78 is 11.2. The van der Waals surface area contributed by atoms with Gasteiger partial charge in [0.25, 0.3) is 0 Å². The van der Waals surface area contributed by atoms with Gasteiger partial charge in [-0.2, -0.15) is 0 Å². The van der Waals surface area contributed by atoms with Gasteiger partial charge in [-0.05, 0) is 11.1 Å². The lowest BCUT2D eigenvalue weighted by Gasteiger charge is -2.17. The van der Waals surface area contributed by atoms with Gasteiger partial charge in [0.1, 0.15) is 6.10 Å². The van der Waals surface area contributed by atoms with Crippen LogP contribution in [0.1, 0.15) is 17.2 Å². The van der Waals surface area contributed by atoms with Gasteiger partial charge in [-0.1, -0.05) is 67.2 Å². The van der Waals surface area contributed by atoms with Crippen LogP contribution in [0.3, 0.4) is 0 Å². The van der Waals surface area contributed by atoms with Crippen molar-refractivity contribution in [2.24, 2.45) is 0 Å². The highest BCUT2D eigenvalue weighted by molar-refractivity contribution is 5.18. The van der Waals surface area contributed by atoms with Crippen molar-refractivity contribution >= 4 is 0 Å². The monoisotopic (exact) mass is 254 g/mol. The molecule has 2 aromatic rings. The van der Waals surface area contributed by atoms with Crippen molar-refractivity contribution in [1.82, 2.24) is 0 Å². The lowest BCUT2D eigenvalue weighted by atomic mass is 10.1. The van der Waals surface area contributed by atoms with Crippen molar-refractivity contribution in [3.63, 3.8) is 0 Å². The Bertz CT molecular complexity index is 479. The van der Waals surface area contributed by atoms with Crippen molar-refractivity contribution < 1.29 is 9.47 Å². The maximum Gasteiger partial charge on any atom is 0.146 e. The quantitative estimate of drug-likeness (QED) is 0.692. The summed E-state index contributed by atoms with van der Waals surface area (Å²) in [5.74, 6) is 0. The second-order valence-corrected chi connectivity index (χ2v) is 4.20. The summed E-state index contributed by atoms with van der Waals surface area (Å²) >= 11 is 0. The van der Waals surface area contributed by atoms with E-state index < -0.39 is 0 Å². The zero-order chi connectivity index (χ0) is 13.3. The van der Waals surface area contributed by atoms with E-state index in [0.29, 0.717) is 13.2 Å². The van der Waals surface area contributed by atoms with E-state index in [4.69, 9.17) is 9.47 Å². The molecular formula is C17H18O2. The molecule has 0 aliphatic carbocycles. The summed E-state index contributed by atoms with van der Waals surface area (Å²) in [6, 6.07) is 20.1. The molecular weight excluding hydrogens is 236 g/mol. The molecule has 0 saturated carbocycles. The van der Waals surface area contributed by atoms with E-state index in [2.05, 4.69) is 6.58 Å². The summed E-state index contributed by atoms with van der Waals surface area (Å²) in [5.41, 5.74) is 2.25. The summed E-state index contributed by atoms with van der Waals surface area (Å²) in [6.45, 7) is 4.71. The van der Waals surface area contributed by atoms with Gasteiger partial charge < -0.3 is 9.47 Å². The van der Waals surface area contributed by atoms with E-state index in [1.54, 1.807) is 0 Å². The average Bonchev–Trinajstić information content (AvgIpc) is 2.48. The van der Waals surface area contributed by atoms with Crippen LogP contribution in [0, 0.1) is 0 Å². The first-order valence-electron chi connectivity index (χ1n) is 6.33. The van der Waals surface area contributed by atoms with E-state index in [1.165, 1.54) is 6.26 Å². The number of ether oxygens (including phenoxy) is 2. The SMILES string of the molecule is C=COC(COCc1ccccc1)c1ccccc1. The molecule has 2 heteroatoms. The van der Waals surface area contributed by atoms with Crippen LogP contribution in [-0.4, -0.2) is 6.61 Å². The number of rotatable bonds is 7. The molecule has 0 amide bonds. The molecule has 0 N–H and O–H groups in total. The molecule has 2 aromatic carbocycles. The van der Waals surface area contributed by atoms with Crippen LogP contribution >= 0.6 is 0 Å². The Hall–Kier alpha value is -2.06. The largest absolute Gasteiger partial charge is 0.492 e. The van der Waals surface area contributed by atoms with Gasteiger partial charge in [0.2, 0.25) is 0 Å². The maximum absolute atomic E-state index is 5.72. The van der Waals surface area contributed by atoms with Crippen molar-refractivity contribution in [3.8, 4) is 0 Å². The Morgan fingerprint density at radius 2 is 1.58 bits per heavy atom. The smallest absolute Gasteiger partial charge is 0.146 e. The molecule has 1 unspecified atom stereocenters. The van der Waals surface area contributed by atoms with E-state index in [1.807, 2.05) is 60.7 Å². The molecule has 0 saturated heterocycles. The fraction of sp³-hybridized carbons (Fsp3) is 0.176. The minimum Gasteiger partial charge on any atom is -0.492 e. The van der Waals surface area contributed by atoms with E-state index in [-0.39, 0.29) is 6.10 Å². The van der Waals surface area contributed by atoms with Crippen LogP contribution in [0.5, 0.6) is 0 Å². The molecule has 1 atom stereocenters. The minimum atomic E-state index is -0.109. The highest BCUT2D eigenvalue weighted by atomic mass is 16.5. The Labute approximate surface area is 114 Å². The zero-order valence-corrected chi connectivity index (χ0v) is 10.9. The summed E-state index contributed by atoms with van der Waals surface area (Å²) in [7, 11) is 0. The Morgan fingerprint density at radius 3 is 2.21 bits per heavy atom. The van der Waals surface area contributed by atoms with Gasteiger partial charge in [0.15, 0.2) is 0 Å². The third kappa shape index (κ3) is 4.27. The second-order valence-electron chi connectivity index (χ2n) is 4.20. The van der Waals surface area contributed by atoms with E-state index >= 15 is 0 Å².